The van der Waals surface area contributed by atoms with E-state index in [0.29, 0.717) is 21.7 Å². The SMILES string of the molecule is CC(C)c1ccc(C(N)CNC(=O)c2ccc(Cl)s2)cc1. The molecule has 0 aliphatic rings. The molecule has 0 radical (unpaired) electrons. The fraction of sp³-hybridized carbons (Fsp3) is 0.312. The lowest BCUT2D eigenvalue weighted by atomic mass is 9.99. The highest BCUT2D eigenvalue weighted by Crippen LogP contribution is 2.21. The van der Waals surface area contributed by atoms with E-state index in [4.69, 9.17) is 17.3 Å². The minimum absolute atomic E-state index is 0.138. The van der Waals surface area contributed by atoms with E-state index in [1.54, 1.807) is 12.1 Å². The number of nitrogens with two attached hydrogens (primary N) is 1. The normalized spacial score (nSPS) is 12.4. The lowest BCUT2D eigenvalue weighted by molar-refractivity contribution is 0.0955. The van der Waals surface area contributed by atoms with Crippen molar-refractivity contribution in [3.63, 3.8) is 0 Å². The van der Waals surface area contributed by atoms with Crippen LogP contribution >= 0.6 is 22.9 Å². The quantitative estimate of drug-likeness (QED) is 0.875. The lowest BCUT2D eigenvalue weighted by Crippen LogP contribution is -2.31. The zero-order chi connectivity index (χ0) is 15.4. The summed E-state index contributed by atoms with van der Waals surface area (Å²) >= 11 is 7.08. The highest BCUT2D eigenvalue weighted by Gasteiger charge is 2.12. The van der Waals surface area contributed by atoms with E-state index in [1.807, 2.05) is 12.1 Å². The summed E-state index contributed by atoms with van der Waals surface area (Å²) in [5.74, 6) is 0.361. The maximum Gasteiger partial charge on any atom is 0.261 e. The molecular weight excluding hydrogens is 304 g/mol. The van der Waals surface area contributed by atoms with Crippen molar-refractivity contribution in [3.05, 3.63) is 56.7 Å². The molecule has 0 saturated heterocycles. The molecule has 0 aliphatic heterocycles. The molecule has 1 unspecified atom stereocenters. The zero-order valence-corrected chi connectivity index (χ0v) is 13.7. The van der Waals surface area contributed by atoms with Gasteiger partial charge in [-0.05, 0) is 29.2 Å². The second-order valence-corrected chi connectivity index (χ2v) is 6.96. The number of amides is 1. The van der Waals surface area contributed by atoms with Crippen molar-refractivity contribution in [2.75, 3.05) is 6.54 Å². The third-order valence-corrected chi connectivity index (χ3v) is 4.54. The molecule has 1 heterocycles. The standard InChI is InChI=1S/C16H19ClN2OS/c1-10(2)11-3-5-12(6-4-11)13(18)9-19-16(20)14-7-8-15(17)21-14/h3-8,10,13H,9,18H2,1-2H3,(H,19,20). The Morgan fingerprint density at radius 1 is 1.19 bits per heavy atom. The number of hydrogen-bond acceptors (Lipinski definition) is 3. The van der Waals surface area contributed by atoms with Gasteiger partial charge in [-0.15, -0.1) is 11.3 Å². The van der Waals surface area contributed by atoms with Crippen molar-refractivity contribution in [1.29, 1.82) is 0 Å². The Bertz CT molecular complexity index is 607. The summed E-state index contributed by atoms with van der Waals surface area (Å²) in [4.78, 5) is 12.5. The van der Waals surface area contributed by atoms with Crippen LogP contribution in [0.5, 0.6) is 0 Å². The van der Waals surface area contributed by atoms with Crippen LogP contribution < -0.4 is 11.1 Å². The summed E-state index contributed by atoms with van der Waals surface area (Å²) in [6.07, 6.45) is 0. The first-order chi connectivity index (χ1) is 9.97. The molecule has 112 valence electrons. The Kier molecular flexibility index (Phi) is 5.39. The van der Waals surface area contributed by atoms with Gasteiger partial charge >= 0.3 is 0 Å². The van der Waals surface area contributed by atoms with Crippen LogP contribution in [0.1, 0.15) is 46.6 Å². The molecule has 0 spiro atoms. The molecule has 2 rings (SSSR count). The second kappa shape index (κ2) is 7.07. The van der Waals surface area contributed by atoms with E-state index in [2.05, 4.69) is 31.3 Å². The van der Waals surface area contributed by atoms with Gasteiger partial charge in [-0.1, -0.05) is 49.7 Å². The van der Waals surface area contributed by atoms with Crippen molar-refractivity contribution in [2.24, 2.45) is 5.73 Å². The third kappa shape index (κ3) is 4.30. The maximum absolute atomic E-state index is 11.9. The summed E-state index contributed by atoms with van der Waals surface area (Å²) in [5.41, 5.74) is 8.41. The average Bonchev–Trinajstić information content (AvgIpc) is 2.91. The van der Waals surface area contributed by atoms with Crippen molar-refractivity contribution in [2.45, 2.75) is 25.8 Å². The summed E-state index contributed by atoms with van der Waals surface area (Å²) in [7, 11) is 0. The van der Waals surface area contributed by atoms with E-state index in [-0.39, 0.29) is 11.9 Å². The number of rotatable bonds is 5. The Labute approximate surface area is 134 Å². The van der Waals surface area contributed by atoms with Crippen LogP contribution in [0.3, 0.4) is 0 Å². The first kappa shape index (κ1) is 16.0. The van der Waals surface area contributed by atoms with Gasteiger partial charge in [-0.2, -0.15) is 0 Å². The Morgan fingerprint density at radius 2 is 1.81 bits per heavy atom. The molecule has 1 amide bonds. The van der Waals surface area contributed by atoms with Crippen molar-refractivity contribution < 1.29 is 4.79 Å². The molecule has 5 heteroatoms. The maximum atomic E-state index is 11.9. The van der Waals surface area contributed by atoms with Crippen LogP contribution in [-0.2, 0) is 0 Å². The molecule has 3 nitrogen and oxygen atoms in total. The van der Waals surface area contributed by atoms with E-state index in [9.17, 15) is 4.79 Å². The molecule has 1 atom stereocenters. The van der Waals surface area contributed by atoms with Crippen LogP contribution in [-0.4, -0.2) is 12.5 Å². The van der Waals surface area contributed by atoms with Gasteiger partial charge in [0.25, 0.3) is 5.91 Å². The number of halogens is 1. The number of benzene rings is 1. The number of carbonyl (C=O) groups excluding carboxylic acids is 1. The first-order valence-electron chi connectivity index (χ1n) is 6.86. The van der Waals surface area contributed by atoms with Gasteiger partial charge in [0.05, 0.1) is 9.21 Å². The molecule has 1 aromatic heterocycles. The second-order valence-electron chi connectivity index (χ2n) is 5.24. The van der Waals surface area contributed by atoms with Gasteiger partial charge in [0.15, 0.2) is 0 Å². The highest BCUT2D eigenvalue weighted by molar-refractivity contribution is 7.17. The Hall–Kier alpha value is -1.36. The third-order valence-electron chi connectivity index (χ3n) is 3.31. The average molecular weight is 323 g/mol. The summed E-state index contributed by atoms with van der Waals surface area (Å²) in [5, 5.41) is 2.84. The molecule has 0 fully saturated rings. The largest absolute Gasteiger partial charge is 0.349 e. The van der Waals surface area contributed by atoms with Crippen LogP contribution in [0.15, 0.2) is 36.4 Å². The summed E-state index contributed by atoms with van der Waals surface area (Å²) in [6, 6.07) is 11.4. The number of carbonyl (C=O) groups is 1. The van der Waals surface area contributed by atoms with Crippen molar-refractivity contribution in [1.82, 2.24) is 5.32 Å². The van der Waals surface area contributed by atoms with E-state index >= 15 is 0 Å². The van der Waals surface area contributed by atoms with Crippen LogP contribution in [0.2, 0.25) is 4.34 Å². The Morgan fingerprint density at radius 3 is 2.33 bits per heavy atom. The first-order valence-corrected chi connectivity index (χ1v) is 8.06. The zero-order valence-electron chi connectivity index (χ0n) is 12.1. The van der Waals surface area contributed by atoms with Gasteiger partial charge in [0.2, 0.25) is 0 Å². The smallest absolute Gasteiger partial charge is 0.261 e. The van der Waals surface area contributed by atoms with Crippen LogP contribution in [0, 0.1) is 0 Å². The fourth-order valence-corrected chi connectivity index (χ4v) is 2.93. The number of nitrogens with one attached hydrogen (secondary N) is 1. The summed E-state index contributed by atoms with van der Waals surface area (Å²) in [6.45, 7) is 4.71. The summed E-state index contributed by atoms with van der Waals surface area (Å²) < 4.78 is 0.605. The van der Waals surface area contributed by atoms with E-state index < -0.39 is 0 Å². The minimum Gasteiger partial charge on any atom is -0.349 e. The van der Waals surface area contributed by atoms with E-state index in [1.165, 1.54) is 16.9 Å². The highest BCUT2D eigenvalue weighted by atomic mass is 35.5. The van der Waals surface area contributed by atoms with E-state index in [0.717, 1.165) is 5.56 Å². The van der Waals surface area contributed by atoms with Crippen LogP contribution in [0.25, 0.3) is 0 Å². The minimum atomic E-state index is -0.217. The van der Waals surface area contributed by atoms with Crippen molar-refractivity contribution >= 4 is 28.8 Å². The Balaban J connectivity index is 1.92. The molecule has 0 bridgehead atoms. The number of thiophene rings is 1. The molecular formula is C16H19ClN2OS. The topological polar surface area (TPSA) is 55.1 Å². The molecule has 3 N–H and O–H groups in total. The molecule has 0 saturated carbocycles. The molecule has 2 aromatic rings. The number of hydrogen-bond donors (Lipinski definition) is 2. The molecule has 0 aliphatic carbocycles. The predicted octanol–water partition coefficient (Wildman–Crippen LogP) is 3.95. The fourth-order valence-electron chi connectivity index (χ4n) is 1.97. The van der Waals surface area contributed by atoms with Gasteiger partial charge in [0.1, 0.15) is 0 Å². The monoisotopic (exact) mass is 322 g/mol. The van der Waals surface area contributed by atoms with Crippen molar-refractivity contribution in [3.8, 4) is 0 Å². The lowest BCUT2D eigenvalue weighted by Gasteiger charge is -2.14. The van der Waals surface area contributed by atoms with Gasteiger partial charge in [-0.3, -0.25) is 4.79 Å². The van der Waals surface area contributed by atoms with Gasteiger partial charge in [-0.25, -0.2) is 0 Å². The molecule has 1 aromatic carbocycles. The van der Waals surface area contributed by atoms with Gasteiger partial charge < -0.3 is 11.1 Å². The predicted molar refractivity (Wildman–Crippen MR) is 89.1 cm³/mol. The van der Waals surface area contributed by atoms with Crippen LogP contribution in [0.4, 0.5) is 0 Å². The van der Waals surface area contributed by atoms with Gasteiger partial charge in [0, 0.05) is 12.6 Å². The molecule has 21 heavy (non-hydrogen) atoms.